The van der Waals surface area contributed by atoms with E-state index in [2.05, 4.69) is 5.10 Å². The molecule has 0 aliphatic carbocycles. The zero-order valence-electron chi connectivity index (χ0n) is 9.76. The number of benzene rings is 1. The topological polar surface area (TPSA) is 70.1 Å². The summed E-state index contributed by atoms with van der Waals surface area (Å²) < 4.78 is 19.1. The zero-order valence-corrected chi connectivity index (χ0v) is 9.76. The predicted octanol–water partition coefficient (Wildman–Crippen LogP) is 1.77. The van der Waals surface area contributed by atoms with Crippen LogP contribution >= 0.6 is 0 Å². The van der Waals surface area contributed by atoms with E-state index in [1.807, 2.05) is 0 Å². The minimum Gasteiger partial charge on any atom is -0.461 e. The third kappa shape index (κ3) is 2.17. The number of nitrogens with two attached hydrogens (primary N) is 1. The van der Waals surface area contributed by atoms with Crippen molar-refractivity contribution in [2.45, 2.75) is 6.92 Å². The lowest BCUT2D eigenvalue weighted by atomic mass is 10.3. The molecule has 0 bridgehead atoms. The fraction of sp³-hybridized carbons (Fsp3) is 0.167. The van der Waals surface area contributed by atoms with E-state index in [0.717, 1.165) is 0 Å². The molecule has 18 heavy (non-hydrogen) atoms. The normalized spacial score (nSPS) is 10.3. The summed E-state index contributed by atoms with van der Waals surface area (Å²) in [4.78, 5) is 11.8. The number of nitrogen functional groups attached to an aromatic ring is 1. The molecule has 0 radical (unpaired) electrons. The number of nitrogens with zero attached hydrogens (tertiary/aromatic N) is 2. The summed E-state index contributed by atoms with van der Waals surface area (Å²) in [6.07, 6.45) is 1.36. The molecule has 5 nitrogen and oxygen atoms in total. The number of esters is 1. The fourth-order valence-electron chi connectivity index (χ4n) is 1.54. The number of carbonyl (C=O) groups excluding carboxylic acids is 1. The van der Waals surface area contributed by atoms with Crippen molar-refractivity contribution in [1.82, 2.24) is 9.78 Å². The highest BCUT2D eigenvalue weighted by molar-refractivity contribution is 5.93. The first-order chi connectivity index (χ1) is 8.63. The van der Waals surface area contributed by atoms with Crippen LogP contribution in [0.2, 0.25) is 0 Å². The molecule has 1 heterocycles. The number of hydrogen-bond donors (Lipinski definition) is 1. The standard InChI is InChI=1S/C12H12FN3O2/c1-2-18-12(17)11-10(14)7-15-16(11)9-5-3-8(13)4-6-9/h3-7H,2,14H2,1H3. The Morgan fingerprint density at radius 3 is 2.72 bits per heavy atom. The van der Waals surface area contributed by atoms with Crippen LogP contribution in [-0.4, -0.2) is 22.4 Å². The third-order valence-corrected chi connectivity index (χ3v) is 2.34. The van der Waals surface area contributed by atoms with E-state index in [9.17, 15) is 9.18 Å². The molecule has 2 N–H and O–H groups in total. The maximum atomic E-state index is 12.8. The molecule has 0 aliphatic heterocycles. The molecule has 0 fully saturated rings. The first-order valence-electron chi connectivity index (χ1n) is 5.40. The van der Waals surface area contributed by atoms with Crippen molar-refractivity contribution < 1.29 is 13.9 Å². The Hall–Kier alpha value is -2.37. The largest absolute Gasteiger partial charge is 0.461 e. The predicted molar refractivity (Wildman–Crippen MR) is 63.9 cm³/mol. The highest BCUT2D eigenvalue weighted by atomic mass is 19.1. The van der Waals surface area contributed by atoms with Crippen molar-refractivity contribution in [3.63, 3.8) is 0 Å². The van der Waals surface area contributed by atoms with E-state index < -0.39 is 5.97 Å². The summed E-state index contributed by atoms with van der Waals surface area (Å²) in [6, 6.07) is 5.57. The minimum atomic E-state index is -0.558. The number of rotatable bonds is 3. The van der Waals surface area contributed by atoms with Crippen molar-refractivity contribution in [2.24, 2.45) is 0 Å². The lowest BCUT2D eigenvalue weighted by Gasteiger charge is -2.07. The van der Waals surface area contributed by atoms with E-state index in [-0.39, 0.29) is 23.8 Å². The lowest BCUT2D eigenvalue weighted by molar-refractivity contribution is 0.0517. The summed E-state index contributed by atoms with van der Waals surface area (Å²) in [7, 11) is 0. The minimum absolute atomic E-state index is 0.142. The van der Waals surface area contributed by atoms with Crippen molar-refractivity contribution in [1.29, 1.82) is 0 Å². The Balaban J connectivity index is 2.45. The molecule has 0 spiro atoms. The van der Waals surface area contributed by atoms with Gasteiger partial charge in [-0.1, -0.05) is 0 Å². The van der Waals surface area contributed by atoms with Gasteiger partial charge in [0.05, 0.1) is 24.2 Å². The molecule has 0 aliphatic rings. The van der Waals surface area contributed by atoms with Crippen molar-refractivity contribution in [2.75, 3.05) is 12.3 Å². The van der Waals surface area contributed by atoms with E-state index >= 15 is 0 Å². The number of halogens is 1. The molecule has 2 rings (SSSR count). The van der Waals surface area contributed by atoms with Gasteiger partial charge in [0.25, 0.3) is 0 Å². The summed E-state index contributed by atoms with van der Waals surface area (Å²) in [6.45, 7) is 1.94. The van der Waals surface area contributed by atoms with Gasteiger partial charge in [0.15, 0.2) is 5.69 Å². The Labute approximate surface area is 103 Å². The quantitative estimate of drug-likeness (QED) is 0.841. The van der Waals surface area contributed by atoms with Crippen LogP contribution < -0.4 is 5.73 Å². The van der Waals surface area contributed by atoms with Crippen LogP contribution in [-0.2, 0) is 4.74 Å². The summed E-state index contributed by atoms with van der Waals surface area (Å²) in [5.41, 5.74) is 6.58. The Kier molecular flexibility index (Phi) is 3.27. The Bertz CT molecular complexity index is 563. The first kappa shape index (κ1) is 12.1. The molecular weight excluding hydrogens is 237 g/mol. The fourth-order valence-corrected chi connectivity index (χ4v) is 1.54. The van der Waals surface area contributed by atoms with Gasteiger partial charge in [-0.2, -0.15) is 5.10 Å². The molecule has 1 aromatic heterocycles. The average molecular weight is 249 g/mol. The molecule has 0 unspecified atom stereocenters. The lowest BCUT2D eigenvalue weighted by Crippen LogP contribution is -2.13. The highest BCUT2D eigenvalue weighted by Gasteiger charge is 2.19. The molecule has 0 saturated heterocycles. The van der Waals surface area contributed by atoms with Crippen LogP contribution in [0.5, 0.6) is 0 Å². The van der Waals surface area contributed by atoms with Crippen molar-refractivity contribution >= 4 is 11.7 Å². The molecular formula is C12H12FN3O2. The molecule has 0 amide bonds. The van der Waals surface area contributed by atoms with Gasteiger partial charge < -0.3 is 10.5 Å². The van der Waals surface area contributed by atoms with Crippen LogP contribution in [0.15, 0.2) is 30.5 Å². The second-order valence-corrected chi connectivity index (χ2v) is 3.56. The highest BCUT2D eigenvalue weighted by Crippen LogP contribution is 2.18. The molecule has 2 aromatic rings. The molecule has 0 saturated carbocycles. The van der Waals surface area contributed by atoms with Gasteiger partial charge in [0, 0.05) is 0 Å². The third-order valence-electron chi connectivity index (χ3n) is 2.34. The number of aromatic nitrogens is 2. The van der Waals surface area contributed by atoms with Crippen LogP contribution in [0.4, 0.5) is 10.1 Å². The second kappa shape index (κ2) is 4.87. The molecule has 1 aromatic carbocycles. The summed E-state index contributed by atoms with van der Waals surface area (Å²) in [5, 5.41) is 3.99. The molecule has 6 heteroatoms. The number of hydrogen-bond acceptors (Lipinski definition) is 4. The van der Waals surface area contributed by atoms with Crippen LogP contribution in [0.25, 0.3) is 5.69 Å². The average Bonchev–Trinajstić information content (AvgIpc) is 2.72. The van der Waals surface area contributed by atoms with E-state index in [1.165, 1.54) is 35.1 Å². The maximum Gasteiger partial charge on any atom is 0.359 e. The Morgan fingerprint density at radius 1 is 1.44 bits per heavy atom. The summed E-state index contributed by atoms with van der Waals surface area (Å²) in [5.74, 6) is -0.923. The van der Waals surface area contributed by atoms with E-state index in [0.29, 0.717) is 5.69 Å². The summed E-state index contributed by atoms with van der Waals surface area (Å²) >= 11 is 0. The van der Waals surface area contributed by atoms with Gasteiger partial charge >= 0.3 is 5.97 Å². The van der Waals surface area contributed by atoms with Gasteiger partial charge in [0.1, 0.15) is 5.82 Å². The number of carbonyl (C=O) groups is 1. The van der Waals surface area contributed by atoms with Gasteiger partial charge in [0.2, 0.25) is 0 Å². The van der Waals surface area contributed by atoms with Gasteiger partial charge in [-0.3, -0.25) is 0 Å². The zero-order chi connectivity index (χ0) is 13.1. The second-order valence-electron chi connectivity index (χ2n) is 3.56. The molecule has 94 valence electrons. The van der Waals surface area contributed by atoms with Crippen molar-refractivity contribution in [3.05, 3.63) is 42.0 Å². The molecule has 0 atom stereocenters. The van der Waals surface area contributed by atoms with E-state index in [1.54, 1.807) is 6.92 Å². The number of anilines is 1. The van der Waals surface area contributed by atoms with Crippen LogP contribution in [0, 0.1) is 5.82 Å². The van der Waals surface area contributed by atoms with Gasteiger partial charge in [-0.05, 0) is 31.2 Å². The van der Waals surface area contributed by atoms with Crippen LogP contribution in [0.3, 0.4) is 0 Å². The smallest absolute Gasteiger partial charge is 0.359 e. The van der Waals surface area contributed by atoms with Crippen LogP contribution in [0.1, 0.15) is 17.4 Å². The van der Waals surface area contributed by atoms with Gasteiger partial charge in [-0.25, -0.2) is 13.9 Å². The Morgan fingerprint density at radius 2 is 2.11 bits per heavy atom. The first-order valence-corrected chi connectivity index (χ1v) is 5.40. The maximum absolute atomic E-state index is 12.8. The number of ether oxygens (including phenoxy) is 1. The van der Waals surface area contributed by atoms with E-state index in [4.69, 9.17) is 10.5 Å². The SMILES string of the molecule is CCOC(=O)c1c(N)cnn1-c1ccc(F)cc1. The van der Waals surface area contributed by atoms with Gasteiger partial charge in [-0.15, -0.1) is 0 Å². The monoisotopic (exact) mass is 249 g/mol. The van der Waals surface area contributed by atoms with Crippen molar-refractivity contribution in [3.8, 4) is 5.69 Å².